The summed E-state index contributed by atoms with van der Waals surface area (Å²) in [5.74, 6) is -1.91. The van der Waals surface area contributed by atoms with Crippen LogP contribution in [0.25, 0.3) is 0 Å². The molecule has 0 saturated carbocycles. The maximum atomic E-state index is 14.1. The van der Waals surface area contributed by atoms with Crippen molar-refractivity contribution in [3.05, 3.63) is 35.9 Å². The van der Waals surface area contributed by atoms with Gasteiger partial charge in [0, 0.05) is 0 Å². The lowest BCUT2D eigenvalue weighted by Crippen LogP contribution is -2.50. The zero-order chi connectivity index (χ0) is 11.5. The average molecular weight is 211 g/mol. The molecule has 0 spiro atoms. The third-order valence-electron chi connectivity index (χ3n) is 2.34. The Morgan fingerprint density at radius 2 is 2.07 bits per heavy atom. The van der Waals surface area contributed by atoms with Crippen LogP contribution in [0.5, 0.6) is 0 Å². The van der Waals surface area contributed by atoms with Crippen LogP contribution in [0.1, 0.15) is 18.9 Å². The number of aliphatic carboxylic acids is 1. The van der Waals surface area contributed by atoms with E-state index in [-0.39, 0.29) is 12.0 Å². The van der Waals surface area contributed by atoms with Crippen molar-refractivity contribution in [3.63, 3.8) is 0 Å². The summed E-state index contributed by atoms with van der Waals surface area (Å²) in [4.78, 5) is 10.8. The summed E-state index contributed by atoms with van der Waals surface area (Å²) in [6.45, 7) is 1.50. The van der Waals surface area contributed by atoms with Crippen molar-refractivity contribution in [2.24, 2.45) is 0 Å². The normalized spacial score (nSPS) is 16.7. The molecular weight excluding hydrogens is 199 g/mol. The summed E-state index contributed by atoms with van der Waals surface area (Å²) in [6, 6.07) is 7.28. The zero-order valence-corrected chi connectivity index (χ0v) is 8.31. The zero-order valence-electron chi connectivity index (χ0n) is 8.31. The van der Waals surface area contributed by atoms with Gasteiger partial charge in [0.1, 0.15) is 0 Å². The highest BCUT2D eigenvalue weighted by Gasteiger charge is 2.40. The molecule has 15 heavy (non-hydrogen) atoms. The first kappa shape index (κ1) is 11.7. The van der Waals surface area contributed by atoms with Crippen molar-refractivity contribution in [2.45, 2.75) is 25.1 Å². The minimum atomic E-state index is -2.84. The lowest BCUT2D eigenvalue weighted by molar-refractivity contribution is -0.325. The molecule has 82 valence electrons. The number of aliphatic hydroxyl groups excluding tert-OH is 1. The van der Waals surface area contributed by atoms with E-state index in [0.717, 1.165) is 0 Å². The van der Waals surface area contributed by atoms with Gasteiger partial charge >= 0.3 is 0 Å². The monoisotopic (exact) mass is 211 g/mol. The standard InChI is InChI=1S/C11H13FO3/c1-2-9(13)11(12,10(14)15)8-6-4-3-5-7-8/h3-7,9,13H,2H2,1H3,(H,14,15)/p-1. The van der Waals surface area contributed by atoms with Crippen LogP contribution in [0.15, 0.2) is 30.3 Å². The Morgan fingerprint density at radius 1 is 1.53 bits per heavy atom. The Hall–Kier alpha value is -1.42. The van der Waals surface area contributed by atoms with Crippen molar-refractivity contribution in [3.8, 4) is 0 Å². The van der Waals surface area contributed by atoms with Crippen molar-refractivity contribution in [1.29, 1.82) is 0 Å². The van der Waals surface area contributed by atoms with Crippen molar-refractivity contribution >= 4 is 5.97 Å². The van der Waals surface area contributed by atoms with Gasteiger partial charge in [0.05, 0.1) is 12.1 Å². The molecule has 2 unspecified atom stereocenters. The molecule has 1 rings (SSSR count). The Bertz CT molecular complexity index is 339. The van der Waals surface area contributed by atoms with Crippen LogP contribution in [0.3, 0.4) is 0 Å². The van der Waals surface area contributed by atoms with Crippen LogP contribution in [-0.2, 0) is 10.5 Å². The van der Waals surface area contributed by atoms with Crippen molar-refractivity contribution in [1.82, 2.24) is 0 Å². The third-order valence-corrected chi connectivity index (χ3v) is 2.34. The fourth-order valence-electron chi connectivity index (χ4n) is 1.41. The molecule has 0 heterocycles. The molecule has 2 atom stereocenters. The topological polar surface area (TPSA) is 60.4 Å². The molecule has 3 nitrogen and oxygen atoms in total. The van der Waals surface area contributed by atoms with Crippen molar-refractivity contribution < 1.29 is 19.4 Å². The Morgan fingerprint density at radius 3 is 2.47 bits per heavy atom. The van der Waals surface area contributed by atoms with Gasteiger partial charge < -0.3 is 15.0 Å². The van der Waals surface area contributed by atoms with E-state index in [2.05, 4.69) is 0 Å². The fourth-order valence-corrected chi connectivity index (χ4v) is 1.41. The maximum Gasteiger partial charge on any atom is 0.200 e. The van der Waals surface area contributed by atoms with Gasteiger partial charge in [-0.25, -0.2) is 4.39 Å². The summed E-state index contributed by atoms with van der Waals surface area (Å²) < 4.78 is 14.1. The molecule has 0 fully saturated rings. The first-order valence-electron chi connectivity index (χ1n) is 4.67. The number of rotatable bonds is 4. The van der Waals surface area contributed by atoms with Gasteiger partial charge in [-0.2, -0.15) is 0 Å². The number of aliphatic hydroxyl groups is 1. The van der Waals surface area contributed by atoms with Gasteiger partial charge in [0.2, 0.25) is 5.67 Å². The van der Waals surface area contributed by atoms with Crippen LogP contribution in [-0.4, -0.2) is 17.2 Å². The smallest absolute Gasteiger partial charge is 0.200 e. The molecule has 0 aliphatic rings. The van der Waals surface area contributed by atoms with E-state index in [9.17, 15) is 19.4 Å². The summed E-state index contributed by atoms with van der Waals surface area (Å²) in [7, 11) is 0. The fraction of sp³-hybridized carbons (Fsp3) is 0.364. The van der Waals surface area contributed by atoms with Crippen LogP contribution in [0.2, 0.25) is 0 Å². The number of hydrogen-bond acceptors (Lipinski definition) is 3. The number of carboxylic acids is 1. The summed E-state index contributed by atoms with van der Waals surface area (Å²) in [6.07, 6.45) is -1.61. The first-order chi connectivity index (χ1) is 7.03. The lowest BCUT2D eigenvalue weighted by Gasteiger charge is -2.31. The molecule has 0 saturated heterocycles. The minimum absolute atomic E-state index is 0.000621. The van der Waals surface area contributed by atoms with Crippen molar-refractivity contribution in [2.75, 3.05) is 0 Å². The second kappa shape index (κ2) is 4.40. The molecule has 1 N–H and O–H groups in total. The third kappa shape index (κ3) is 1.99. The van der Waals surface area contributed by atoms with Gasteiger partial charge in [-0.1, -0.05) is 37.3 Å². The van der Waals surface area contributed by atoms with Crippen LogP contribution < -0.4 is 5.11 Å². The minimum Gasteiger partial charge on any atom is -0.546 e. The number of halogens is 1. The second-order valence-electron chi connectivity index (χ2n) is 3.29. The number of hydrogen-bond donors (Lipinski definition) is 1. The first-order valence-corrected chi connectivity index (χ1v) is 4.67. The van der Waals surface area contributed by atoms with Gasteiger partial charge in [-0.3, -0.25) is 0 Å². The molecule has 1 aromatic carbocycles. The van der Waals surface area contributed by atoms with Crippen LogP contribution in [0, 0.1) is 0 Å². The van der Waals surface area contributed by atoms with E-state index < -0.39 is 17.7 Å². The largest absolute Gasteiger partial charge is 0.546 e. The molecule has 1 aromatic rings. The number of alkyl halides is 1. The Labute approximate surface area is 87.2 Å². The highest BCUT2D eigenvalue weighted by molar-refractivity contribution is 5.78. The Balaban J connectivity index is 3.19. The van der Waals surface area contributed by atoms with E-state index in [0.29, 0.717) is 0 Å². The summed E-state index contributed by atoms with van der Waals surface area (Å²) in [5, 5.41) is 20.2. The van der Waals surface area contributed by atoms with E-state index in [1.807, 2.05) is 0 Å². The van der Waals surface area contributed by atoms with Gasteiger partial charge in [-0.15, -0.1) is 0 Å². The van der Waals surface area contributed by atoms with Crippen LogP contribution >= 0.6 is 0 Å². The predicted octanol–water partition coefficient (Wildman–Crippen LogP) is 0.372. The highest BCUT2D eigenvalue weighted by Crippen LogP contribution is 2.30. The molecule has 0 aromatic heterocycles. The maximum absolute atomic E-state index is 14.1. The van der Waals surface area contributed by atoms with Gasteiger partial charge in [-0.05, 0) is 12.0 Å². The molecule has 0 amide bonds. The number of benzene rings is 1. The Kier molecular flexibility index (Phi) is 3.42. The van der Waals surface area contributed by atoms with E-state index in [1.54, 1.807) is 6.07 Å². The number of carboxylic acid groups (broad SMARTS) is 1. The van der Waals surface area contributed by atoms with Crippen LogP contribution in [0.4, 0.5) is 4.39 Å². The second-order valence-corrected chi connectivity index (χ2v) is 3.29. The van der Waals surface area contributed by atoms with E-state index >= 15 is 0 Å². The predicted molar refractivity (Wildman–Crippen MR) is 50.5 cm³/mol. The highest BCUT2D eigenvalue weighted by atomic mass is 19.1. The van der Waals surface area contributed by atoms with E-state index in [4.69, 9.17) is 0 Å². The van der Waals surface area contributed by atoms with E-state index in [1.165, 1.54) is 31.2 Å². The quantitative estimate of drug-likeness (QED) is 0.782. The number of carbonyl (C=O) groups is 1. The molecule has 4 heteroatoms. The molecule has 0 bridgehead atoms. The number of carbonyl (C=O) groups excluding carboxylic acids is 1. The molecule has 0 aliphatic carbocycles. The molecular formula is C11H12FO3-. The lowest BCUT2D eigenvalue weighted by atomic mass is 9.89. The molecule has 0 aliphatic heterocycles. The molecule has 0 radical (unpaired) electrons. The summed E-state index contributed by atoms with van der Waals surface area (Å²) >= 11 is 0. The average Bonchev–Trinajstić information content (AvgIpc) is 2.27. The van der Waals surface area contributed by atoms with Gasteiger partial charge in [0.15, 0.2) is 0 Å². The summed E-state index contributed by atoms with van der Waals surface area (Å²) in [5.41, 5.74) is -2.94. The SMILES string of the molecule is CCC(O)C(F)(C(=O)[O-])c1ccccc1. The van der Waals surface area contributed by atoms with Gasteiger partial charge in [0.25, 0.3) is 0 Å².